The number of ether oxygens (including phenoxy) is 1. The molecule has 2 heteroatoms. The maximum absolute atomic E-state index is 10.1. The van der Waals surface area contributed by atoms with Gasteiger partial charge in [-0.05, 0) is 42.0 Å². The van der Waals surface area contributed by atoms with Crippen molar-refractivity contribution in [3.63, 3.8) is 0 Å². The summed E-state index contributed by atoms with van der Waals surface area (Å²) in [6, 6.07) is 6.09. The molecule has 0 spiro atoms. The summed E-state index contributed by atoms with van der Waals surface area (Å²) in [6.45, 7) is 5.01. The van der Waals surface area contributed by atoms with E-state index in [1.807, 2.05) is 12.1 Å². The van der Waals surface area contributed by atoms with Crippen molar-refractivity contribution in [3.05, 3.63) is 29.3 Å². The maximum Gasteiger partial charge on any atom is 0.122 e. The number of rotatable bonds is 3. The highest BCUT2D eigenvalue weighted by atomic mass is 16.5. The van der Waals surface area contributed by atoms with Gasteiger partial charge in [-0.1, -0.05) is 26.3 Å². The molecule has 2 rings (SSSR count). The fourth-order valence-electron chi connectivity index (χ4n) is 2.12. The van der Waals surface area contributed by atoms with Gasteiger partial charge in [-0.25, -0.2) is 0 Å². The van der Waals surface area contributed by atoms with Crippen molar-refractivity contribution in [2.75, 3.05) is 6.61 Å². The number of hydrogen-bond acceptors (Lipinski definition) is 2. The van der Waals surface area contributed by atoms with Gasteiger partial charge < -0.3 is 9.84 Å². The lowest BCUT2D eigenvalue weighted by Gasteiger charge is -2.22. The molecule has 2 nitrogen and oxygen atoms in total. The zero-order chi connectivity index (χ0) is 11.5. The first kappa shape index (κ1) is 11.5. The molecule has 1 heterocycles. The highest BCUT2D eigenvalue weighted by Crippen LogP contribution is 2.30. The molecular weight excluding hydrogens is 200 g/mol. The van der Waals surface area contributed by atoms with Gasteiger partial charge in [0.15, 0.2) is 0 Å². The lowest BCUT2D eigenvalue weighted by atomic mass is 9.93. The fraction of sp³-hybridized carbons (Fsp3) is 0.571. The molecule has 0 saturated heterocycles. The molecule has 1 aliphatic rings. The minimum Gasteiger partial charge on any atom is -0.493 e. The van der Waals surface area contributed by atoms with E-state index in [4.69, 9.17) is 4.74 Å². The summed E-state index contributed by atoms with van der Waals surface area (Å²) in [4.78, 5) is 0. The first-order valence-electron chi connectivity index (χ1n) is 6.16. The molecule has 2 atom stereocenters. The molecule has 0 aliphatic carbocycles. The Kier molecular flexibility index (Phi) is 3.49. The molecule has 1 aromatic carbocycles. The van der Waals surface area contributed by atoms with Gasteiger partial charge in [0.2, 0.25) is 0 Å². The molecule has 0 bridgehead atoms. The van der Waals surface area contributed by atoms with Gasteiger partial charge >= 0.3 is 0 Å². The average molecular weight is 220 g/mol. The summed E-state index contributed by atoms with van der Waals surface area (Å²) in [5.74, 6) is 1.30. The largest absolute Gasteiger partial charge is 0.493 e. The second-order valence-electron chi connectivity index (χ2n) is 4.65. The van der Waals surface area contributed by atoms with Gasteiger partial charge in [-0.3, -0.25) is 0 Å². The first-order valence-corrected chi connectivity index (χ1v) is 6.16. The summed E-state index contributed by atoms with van der Waals surface area (Å²) < 4.78 is 5.56. The highest BCUT2D eigenvalue weighted by Gasteiger charge is 2.17. The minimum atomic E-state index is -0.350. The van der Waals surface area contributed by atoms with E-state index in [1.165, 1.54) is 5.56 Å². The van der Waals surface area contributed by atoms with Crippen LogP contribution < -0.4 is 4.74 Å². The fourth-order valence-corrected chi connectivity index (χ4v) is 2.12. The quantitative estimate of drug-likeness (QED) is 0.848. The van der Waals surface area contributed by atoms with Crippen LogP contribution in [0.5, 0.6) is 5.75 Å². The second-order valence-corrected chi connectivity index (χ2v) is 4.65. The number of aliphatic hydroxyl groups is 1. The monoisotopic (exact) mass is 220 g/mol. The summed E-state index contributed by atoms with van der Waals surface area (Å²) in [7, 11) is 0. The van der Waals surface area contributed by atoms with Crippen LogP contribution in [0, 0.1) is 5.92 Å². The maximum atomic E-state index is 10.1. The van der Waals surface area contributed by atoms with Gasteiger partial charge in [-0.2, -0.15) is 0 Å². The Morgan fingerprint density at radius 3 is 3.00 bits per heavy atom. The van der Waals surface area contributed by atoms with E-state index < -0.39 is 0 Å². The summed E-state index contributed by atoms with van der Waals surface area (Å²) in [5, 5.41) is 10.1. The minimum absolute atomic E-state index is 0.308. The van der Waals surface area contributed by atoms with Crippen LogP contribution >= 0.6 is 0 Å². The van der Waals surface area contributed by atoms with Crippen molar-refractivity contribution in [2.24, 2.45) is 5.92 Å². The standard InChI is InChI=1S/C14H20O2/c1-3-10(2)14(15)12-6-7-13-11(9-12)5-4-8-16-13/h6-7,9-10,14-15H,3-5,8H2,1-2H3. The van der Waals surface area contributed by atoms with Crippen molar-refractivity contribution in [1.29, 1.82) is 0 Å². The molecule has 16 heavy (non-hydrogen) atoms. The molecule has 0 amide bonds. The predicted octanol–water partition coefficient (Wildman–Crippen LogP) is 3.09. The number of aliphatic hydroxyl groups excluding tert-OH is 1. The van der Waals surface area contributed by atoms with E-state index in [0.717, 1.165) is 37.2 Å². The summed E-state index contributed by atoms with van der Waals surface area (Å²) in [6.07, 6.45) is 2.79. The molecule has 1 N–H and O–H groups in total. The number of fused-ring (bicyclic) bond motifs is 1. The zero-order valence-corrected chi connectivity index (χ0v) is 10.1. The van der Waals surface area contributed by atoms with Crippen molar-refractivity contribution in [2.45, 2.75) is 39.2 Å². The first-order chi connectivity index (χ1) is 7.72. The molecule has 1 aliphatic heterocycles. The third kappa shape index (κ3) is 2.22. The Morgan fingerprint density at radius 1 is 1.44 bits per heavy atom. The number of hydrogen-bond donors (Lipinski definition) is 1. The van der Waals surface area contributed by atoms with Crippen LogP contribution in [0.2, 0.25) is 0 Å². The Bertz CT molecular complexity index is 360. The van der Waals surface area contributed by atoms with Crippen LogP contribution in [0.4, 0.5) is 0 Å². The van der Waals surface area contributed by atoms with Gasteiger partial charge in [0.05, 0.1) is 12.7 Å². The van der Waals surface area contributed by atoms with Crippen LogP contribution in [0.15, 0.2) is 18.2 Å². The Labute approximate surface area is 97.3 Å². The zero-order valence-electron chi connectivity index (χ0n) is 10.1. The Hall–Kier alpha value is -1.02. The summed E-state index contributed by atoms with van der Waals surface area (Å²) >= 11 is 0. The molecule has 2 unspecified atom stereocenters. The van der Waals surface area contributed by atoms with Gasteiger partial charge in [0.25, 0.3) is 0 Å². The van der Waals surface area contributed by atoms with Crippen LogP contribution in [0.1, 0.15) is 43.9 Å². The normalized spacial score (nSPS) is 18.4. The molecule has 1 aromatic rings. The SMILES string of the molecule is CCC(C)C(O)c1ccc2c(c1)CCCO2. The lowest BCUT2D eigenvalue weighted by Crippen LogP contribution is -2.12. The van der Waals surface area contributed by atoms with E-state index in [9.17, 15) is 5.11 Å². The van der Waals surface area contributed by atoms with Crippen LogP contribution in [0.3, 0.4) is 0 Å². The van der Waals surface area contributed by atoms with E-state index in [1.54, 1.807) is 0 Å². The van der Waals surface area contributed by atoms with E-state index in [0.29, 0.717) is 5.92 Å². The number of aryl methyl sites for hydroxylation is 1. The van der Waals surface area contributed by atoms with Crippen molar-refractivity contribution >= 4 is 0 Å². The third-order valence-corrected chi connectivity index (χ3v) is 3.46. The van der Waals surface area contributed by atoms with E-state index in [2.05, 4.69) is 19.9 Å². The highest BCUT2D eigenvalue weighted by molar-refractivity contribution is 5.39. The van der Waals surface area contributed by atoms with Gasteiger partial charge in [0.1, 0.15) is 5.75 Å². The van der Waals surface area contributed by atoms with Crippen molar-refractivity contribution < 1.29 is 9.84 Å². The van der Waals surface area contributed by atoms with Crippen LogP contribution in [0.25, 0.3) is 0 Å². The van der Waals surface area contributed by atoms with Crippen LogP contribution in [-0.2, 0) is 6.42 Å². The topological polar surface area (TPSA) is 29.5 Å². The van der Waals surface area contributed by atoms with E-state index >= 15 is 0 Å². The van der Waals surface area contributed by atoms with Crippen molar-refractivity contribution in [3.8, 4) is 5.75 Å². The van der Waals surface area contributed by atoms with E-state index in [-0.39, 0.29) is 6.10 Å². The molecule has 0 aromatic heterocycles. The number of benzene rings is 1. The molecular formula is C14H20O2. The molecule has 88 valence electrons. The Balaban J connectivity index is 2.22. The smallest absolute Gasteiger partial charge is 0.122 e. The molecule has 0 fully saturated rings. The van der Waals surface area contributed by atoms with Crippen molar-refractivity contribution in [1.82, 2.24) is 0 Å². The average Bonchev–Trinajstić information content (AvgIpc) is 2.36. The van der Waals surface area contributed by atoms with Crippen LogP contribution in [-0.4, -0.2) is 11.7 Å². The molecule has 0 radical (unpaired) electrons. The molecule has 0 saturated carbocycles. The second kappa shape index (κ2) is 4.88. The van der Waals surface area contributed by atoms with Gasteiger partial charge in [-0.15, -0.1) is 0 Å². The van der Waals surface area contributed by atoms with Gasteiger partial charge in [0, 0.05) is 0 Å². The summed E-state index contributed by atoms with van der Waals surface area (Å²) in [5.41, 5.74) is 2.27. The third-order valence-electron chi connectivity index (χ3n) is 3.46. The predicted molar refractivity (Wildman–Crippen MR) is 64.7 cm³/mol. The Morgan fingerprint density at radius 2 is 2.25 bits per heavy atom. The lowest BCUT2D eigenvalue weighted by molar-refractivity contribution is 0.115.